The topological polar surface area (TPSA) is 42.0 Å². The number of nitrogens with one attached hydrogen (secondary N) is 1. The average Bonchev–Trinajstić information content (AvgIpc) is 2.29. The van der Waals surface area contributed by atoms with E-state index in [4.69, 9.17) is 0 Å². The molecule has 1 rings (SSSR count). The van der Waals surface area contributed by atoms with E-state index in [1.54, 1.807) is 18.5 Å². The minimum absolute atomic E-state index is 0.0622. The molecule has 1 aromatic heterocycles. The fourth-order valence-corrected chi connectivity index (χ4v) is 2.49. The summed E-state index contributed by atoms with van der Waals surface area (Å²) in [6.45, 7) is 4.17. The number of halogens is 1. The zero-order valence-corrected chi connectivity index (χ0v) is 12.5. The van der Waals surface area contributed by atoms with Crippen molar-refractivity contribution in [1.29, 1.82) is 0 Å². The Kier molecular flexibility index (Phi) is 6.58. The highest BCUT2D eigenvalue weighted by atomic mass is 79.9. The van der Waals surface area contributed by atoms with Gasteiger partial charge in [-0.25, -0.2) is 0 Å². The highest BCUT2D eigenvalue weighted by Crippen LogP contribution is 2.10. The number of hydrogen-bond acceptors (Lipinski definition) is 3. The molecule has 94 valence electrons. The first-order chi connectivity index (χ1) is 8.13. The maximum absolute atomic E-state index is 11.9. The minimum Gasteiger partial charge on any atom is -0.350 e. The van der Waals surface area contributed by atoms with Gasteiger partial charge < -0.3 is 5.32 Å². The van der Waals surface area contributed by atoms with Gasteiger partial charge in [0.15, 0.2) is 0 Å². The van der Waals surface area contributed by atoms with Crippen molar-refractivity contribution in [3.63, 3.8) is 0 Å². The van der Waals surface area contributed by atoms with Crippen molar-refractivity contribution >= 4 is 33.6 Å². The summed E-state index contributed by atoms with van der Waals surface area (Å²) in [6, 6.07) is 1.97. The molecule has 1 aromatic rings. The van der Waals surface area contributed by atoms with Crippen molar-refractivity contribution in [2.75, 3.05) is 11.5 Å². The molecule has 0 spiro atoms. The van der Waals surface area contributed by atoms with Crippen LogP contribution in [0.4, 0.5) is 0 Å². The van der Waals surface area contributed by atoms with Crippen molar-refractivity contribution in [2.45, 2.75) is 26.3 Å². The van der Waals surface area contributed by atoms with Gasteiger partial charge >= 0.3 is 0 Å². The van der Waals surface area contributed by atoms with E-state index in [0.29, 0.717) is 5.56 Å². The predicted octanol–water partition coefficient (Wildman–Crippen LogP) is 3.11. The molecule has 0 bridgehead atoms. The fourth-order valence-electron chi connectivity index (χ4n) is 1.32. The summed E-state index contributed by atoms with van der Waals surface area (Å²) in [5.74, 6) is 2.14. The first kappa shape index (κ1) is 14.5. The van der Waals surface area contributed by atoms with E-state index in [1.807, 2.05) is 18.7 Å². The second kappa shape index (κ2) is 7.71. The van der Waals surface area contributed by atoms with Crippen molar-refractivity contribution < 1.29 is 4.79 Å². The SMILES string of the molecule is CCSCCC(C)NC(=O)c1cncc(Br)c1. The lowest BCUT2D eigenvalue weighted by molar-refractivity contribution is 0.0939. The zero-order chi connectivity index (χ0) is 12.7. The number of rotatable bonds is 6. The Balaban J connectivity index is 2.43. The van der Waals surface area contributed by atoms with Crippen LogP contribution in [-0.2, 0) is 0 Å². The van der Waals surface area contributed by atoms with Crippen LogP contribution in [-0.4, -0.2) is 28.4 Å². The molecule has 17 heavy (non-hydrogen) atoms. The molecule has 1 heterocycles. The summed E-state index contributed by atoms with van der Waals surface area (Å²) in [5.41, 5.74) is 0.592. The van der Waals surface area contributed by atoms with Gasteiger partial charge in [-0.05, 0) is 46.8 Å². The summed E-state index contributed by atoms with van der Waals surface area (Å²) in [6.07, 6.45) is 4.23. The zero-order valence-electron chi connectivity index (χ0n) is 10.1. The van der Waals surface area contributed by atoms with E-state index in [1.165, 1.54) is 0 Å². The van der Waals surface area contributed by atoms with Gasteiger partial charge in [-0.1, -0.05) is 6.92 Å². The molecule has 0 saturated heterocycles. The van der Waals surface area contributed by atoms with Crippen LogP contribution in [0.2, 0.25) is 0 Å². The third-order valence-electron chi connectivity index (χ3n) is 2.24. The van der Waals surface area contributed by atoms with Crippen molar-refractivity contribution in [1.82, 2.24) is 10.3 Å². The first-order valence-electron chi connectivity index (χ1n) is 5.62. The second-order valence-electron chi connectivity index (χ2n) is 3.75. The third kappa shape index (κ3) is 5.55. The molecule has 1 unspecified atom stereocenters. The summed E-state index contributed by atoms with van der Waals surface area (Å²) in [5, 5.41) is 2.97. The number of amides is 1. The van der Waals surface area contributed by atoms with E-state index >= 15 is 0 Å². The number of hydrogen-bond donors (Lipinski definition) is 1. The van der Waals surface area contributed by atoms with Gasteiger partial charge in [-0.15, -0.1) is 0 Å². The molecule has 1 atom stereocenters. The molecule has 1 amide bonds. The Bertz CT molecular complexity index is 373. The van der Waals surface area contributed by atoms with Crippen LogP contribution in [0.25, 0.3) is 0 Å². The van der Waals surface area contributed by atoms with E-state index < -0.39 is 0 Å². The van der Waals surface area contributed by atoms with Crippen LogP contribution in [0.5, 0.6) is 0 Å². The Hall–Kier alpha value is -0.550. The van der Waals surface area contributed by atoms with Crippen LogP contribution in [0.15, 0.2) is 22.9 Å². The second-order valence-corrected chi connectivity index (χ2v) is 6.06. The lowest BCUT2D eigenvalue weighted by atomic mass is 10.2. The predicted molar refractivity (Wildman–Crippen MR) is 76.5 cm³/mol. The lowest BCUT2D eigenvalue weighted by Crippen LogP contribution is -2.33. The van der Waals surface area contributed by atoms with Crippen molar-refractivity contribution in [2.24, 2.45) is 0 Å². The number of aromatic nitrogens is 1. The number of carbonyl (C=O) groups excluding carboxylic acids is 1. The smallest absolute Gasteiger partial charge is 0.253 e. The van der Waals surface area contributed by atoms with Crippen molar-refractivity contribution in [3.8, 4) is 0 Å². The van der Waals surface area contributed by atoms with Crippen LogP contribution in [0.3, 0.4) is 0 Å². The van der Waals surface area contributed by atoms with E-state index in [2.05, 4.69) is 33.2 Å². The van der Waals surface area contributed by atoms with Crippen LogP contribution in [0, 0.1) is 0 Å². The Morgan fingerprint density at radius 3 is 3.00 bits per heavy atom. The fraction of sp³-hybridized carbons (Fsp3) is 0.500. The molecule has 1 N–H and O–H groups in total. The highest BCUT2D eigenvalue weighted by molar-refractivity contribution is 9.10. The maximum Gasteiger partial charge on any atom is 0.253 e. The lowest BCUT2D eigenvalue weighted by Gasteiger charge is -2.13. The number of thioether (sulfide) groups is 1. The van der Waals surface area contributed by atoms with Crippen LogP contribution < -0.4 is 5.32 Å². The maximum atomic E-state index is 11.9. The van der Waals surface area contributed by atoms with Gasteiger partial charge in [-0.2, -0.15) is 11.8 Å². The normalized spacial score (nSPS) is 12.2. The standard InChI is InChI=1S/C12H17BrN2OS/c1-3-17-5-4-9(2)15-12(16)10-6-11(13)8-14-7-10/h6-9H,3-5H2,1-2H3,(H,15,16). The average molecular weight is 317 g/mol. The van der Waals surface area contributed by atoms with Crippen LogP contribution in [0.1, 0.15) is 30.6 Å². The van der Waals surface area contributed by atoms with Gasteiger partial charge in [0.2, 0.25) is 0 Å². The first-order valence-corrected chi connectivity index (χ1v) is 7.57. The van der Waals surface area contributed by atoms with Crippen molar-refractivity contribution in [3.05, 3.63) is 28.5 Å². The molecule has 0 aromatic carbocycles. The van der Waals surface area contributed by atoms with Gasteiger partial charge in [0, 0.05) is 22.9 Å². The molecule has 0 aliphatic rings. The van der Waals surface area contributed by atoms with Gasteiger partial charge in [0.05, 0.1) is 5.56 Å². The molecule has 5 heteroatoms. The van der Waals surface area contributed by atoms with E-state index in [-0.39, 0.29) is 11.9 Å². The Morgan fingerprint density at radius 2 is 2.35 bits per heavy atom. The number of nitrogens with zero attached hydrogens (tertiary/aromatic N) is 1. The largest absolute Gasteiger partial charge is 0.350 e. The summed E-state index contributed by atoms with van der Waals surface area (Å²) in [7, 11) is 0. The van der Waals surface area contributed by atoms with Gasteiger partial charge in [0.1, 0.15) is 0 Å². The highest BCUT2D eigenvalue weighted by Gasteiger charge is 2.10. The third-order valence-corrected chi connectivity index (χ3v) is 3.61. The van der Waals surface area contributed by atoms with Gasteiger partial charge in [0.25, 0.3) is 5.91 Å². The summed E-state index contributed by atoms with van der Waals surface area (Å²) in [4.78, 5) is 15.8. The number of carbonyl (C=O) groups is 1. The molecular weight excluding hydrogens is 300 g/mol. The Morgan fingerprint density at radius 1 is 1.59 bits per heavy atom. The molecular formula is C12H17BrN2OS. The monoisotopic (exact) mass is 316 g/mol. The molecule has 0 saturated carbocycles. The minimum atomic E-state index is -0.0622. The Labute approximate surface area is 115 Å². The summed E-state index contributed by atoms with van der Waals surface area (Å²) < 4.78 is 0.819. The van der Waals surface area contributed by atoms with Gasteiger partial charge in [-0.3, -0.25) is 9.78 Å². The van der Waals surface area contributed by atoms with Crippen LogP contribution >= 0.6 is 27.7 Å². The molecule has 0 aliphatic heterocycles. The molecule has 0 radical (unpaired) electrons. The molecule has 3 nitrogen and oxygen atoms in total. The van der Waals surface area contributed by atoms with E-state index in [9.17, 15) is 4.79 Å². The molecule has 0 aliphatic carbocycles. The quantitative estimate of drug-likeness (QED) is 0.820. The summed E-state index contributed by atoms with van der Waals surface area (Å²) >= 11 is 5.19. The van der Waals surface area contributed by atoms with E-state index in [0.717, 1.165) is 22.4 Å². The number of pyridine rings is 1. The molecule has 0 fully saturated rings.